The van der Waals surface area contributed by atoms with Crippen LogP contribution in [-0.2, 0) is 15.6 Å². The first-order chi connectivity index (χ1) is 21.9. The van der Waals surface area contributed by atoms with Crippen LogP contribution >= 0.6 is 0 Å². The van der Waals surface area contributed by atoms with Crippen LogP contribution in [0.1, 0.15) is 47.2 Å². The number of rotatable bonds is 10. The van der Waals surface area contributed by atoms with E-state index in [1.807, 2.05) is 35.2 Å². The van der Waals surface area contributed by atoms with Crippen molar-refractivity contribution < 1.29 is 19.1 Å². The van der Waals surface area contributed by atoms with E-state index in [4.69, 9.17) is 15.2 Å². The number of hydrogen-bond acceptors (Lipinski definition) is 9. The lowest BCUT2D eigenvalue weighted by Crippen LogP contribution is -2.50. The summed E-state index contributed by atoms with van der Waals surface area (Å²) in [6.07, 6.45) is 7.87. The highest BCUT2D eigenvalue weighted by Crippen LogP contribution is 2.41. The first-order valence-corrected chi connectivity index (χ1v) is 15.2. The summed E-state index contributed by atoms with van der Waals surface area (Å²) in [5, 5.41) is 11.4. The molecule has 1 atom stereocenters. The minimum absolute atomic E-state index is 0.104. The van der Waals surface area contributed by atoms with Gasteiger partial charge in [0.1, 0.15) is 17.8 Å². The monoisotopic (exact) mass is 610 g/mol. The SMILES string of the molecule is COc1cccc(C2(CCN3CCC(C(N)=O)(c4ccncc4)CC3)CCN(C(=O)c3cc(-n4cnnn4)ccc3OC)C2)c1. The number of aromatic nitrogens is 5. The lowest BCUT2D eigenvalue weighted by atomic mass is 9.72. The highest BCUT2D eigenvalue weighted by molar-refractivity contribution is 5.98. The van der Waals surface area contributed by atoms with E-state index in [1.165, 1.54) is 11.0 Å². The van der Waals surface area contributed by atoms with E-state index in [2.05, 4.69) is 37.5 Å². The van der Waals surface area contributed by atoms with Crippen molar-refractivity contribution in [2.75, 3.05) is 46.9 Å². The van der Waals surface area contributed by atoms with Crippen molar-refractivity contribution in [1.29, 1.82) is 0 Å². The molecule has 2 aliphatic heterocycles. The van der Waals surface area contributed by atoms with Gasteiger partial charge in [0.2, 0.25) is 5.91 Å². The summed E-state index contributed by atoms with van der Waals surface area (Å²) in [7, 11) is 3.23. The molecule has 0 spiro atoms. The lowest BCUT2D eigenvalue weighted by Gasteiger charge is -2.41. The minimum Gasteiger partial charge on any atom is -0.497 e. The van der Waals surface area contributed by atoms with Gasteiger partial charge in [-0.15, -0.1) is 5.10 Å². The molecule has 2 aliphatic rings. The first-order valence-electron chi connectivity index (χ1n) is 15.2. The smallest absolute Gasteiger partial charge is 0.257 e. The summed E-state index contributed by atoms with van der Waals surface area (Å²) in [6.45, 7) is 3.48. The fourth-order valence-electron chi connectivity index (χ4n) is 6.92. The van der Waals surface area contributed by atoms with Gasteiger partial charge in [-0.3, -0.25) is 14.6 Å². The van der Waals surface area contributed by atoms with E-state index >= 15 is 0 Å². The second-order valence-corrected chi connectivity index (χ2v) is 11.9. The van der Waals surface area contributed by atoms with Gasteiger partial charge in [-0.05, 0) is 109 Å². The number of likely N-dealkylation sites (tertiary alicyclic amines) is 2. The number of primary amides is 1. The normalized spacial score (nSPS) is 19.7. The minimum atomic E-state index is -0.684. The molecule has 0 aliphatic carbocycles. The Kier molecular flexibility index (Phi) is 8.48. The van der Waals surface area contributed by atoms with Crippen molar-refractivity contribution >= 4 is 11.8 Å². The number of carbonyl (C=O) groups excluding carboxylic acids is 2. The lowest BCUT2D eigenvalue weighted by molar-refractivity contribution is -0.125. The molecule has 6 rings (SSSR count). The zero-order chi connectivity index (χ0) is 31.4. The van der Waals surface area contributed by atoms with E-state index in [9.17, 15) is 9.59 Å². The summed E-state index contributed by atoms with van der Waals surface area (Å²) in [5.74, 6) is 0.893. The molecule has 1 unspecified atom stereocenters. The van der Waals surface area contributed by atoms with Crippen LogP contribution in [-0.4, -0.2) is 93.7 Å². The number of pyridine rings is 1. The van der Waals surface area contributed by atoms with Crippen molar-refractivity contribution in [3.8, 4) is 17.2 Å². The fourth-order valence-corrected chi connectivity index (χ4v) is 6.92. The zero-order valence-electron chi connectivity index (χ0n) is 25.6. The third-order valence-electron chi connectivity index (χ3n) is 9.67. The standard InChI is InChI=1S/C33H38N8O4/c1-44-27-5-3-4-25(20-27)32(10-16-39-17-12-33(13-18-39,31(34)43)24-8-14-35-15-9-24)11-19-40(22-32)30(42)28-21-26(6-7-29(28)45-2)41-23-36-37-38-41/h3-9,14-15,20-21,23H,10-13,16-19,22H2,1-2H3,(H2,34,43). The highest BCUT2D eigenvalue weighted by Gasteiger charge is 2.44. The average Bonchev–Trinajstić information content (AvgIpc) is 3.79. The molecular weight excluding hydrogens is 572 g/mol. The molecule has 2 N–H and O–H groups in total. The van der Waals surface area contributed by atoms with Crippen molar-refractivity contribution in [1.82, 2.24) is 35.0 Å². The van der Waals surface area contributed by atoms with E-state index in [1.54, 1.807) is 38.7 Å². The van der Waals surface area contributed by atoms with Crippen LogP contribution in [0.5, 0.6) is 11.5 Å². The molecule has 0 saturated carbocycles. The summed E-state index contributed by atoms with van der Waals surface area (Å²) in [5.41, 5.74) is 8.22. The third kappa shape index (κ3) is 5.85. The summed E-state index contributed by atoms with van der Waals surface area (Å²) < 4.78 is 12.7. The van der Waals surface area contributed by atoms with Crippen LogP contribution < -0.4 is 15.2 Å². The van der Waals surface area contributed by atoms with Crippen molar-refractivity contribution in [3.05, 3.63) is 90.0 Å². The molecule has 2 fully saturated rings. The number of hydrogen-bond donors (Lipinski definition) is 1. The second-order valence-electron chi connectivity index (χ2n) is 11.9. The topological polar surface area (TPSA) is 142 Å². The van der Waals surface area contributed by atoms with Gasteiger partial charge in [0.25, 0.3) is 5.91 Å². The van der Waals surface area contributed by atoms with Gasteiger partial charge in [0.05, 0.1) is 30.9 Å². The predicted octanol–water partition coefficient (Wildman–Crippen LogP) is 2.77. The van der Waals surface area contributed by atoms with Crippen LogP contribution in [0.2, 0.25) is 0 Å². The van der Waals surface area contributed by atoms with E-state index < -0.39 is 5.41 Å². The number of amides is 2. The highest BCUT2D eigenvalue weighted by atomic mass is 16.5. The largest absolute Gasteiger partial charge is 0.497 e. The summed E-state index contributed by atoms with van der Waals surface area (Å²) in [6, 6.07) is 17.3. The molecular formula is C33H38N8O4. The number of nitrogens with two attached hydrogens (primary N) is 1. The van der Waals surface area contributed by atoms with Crippen molar-refractivity contribution in [2.45, 2.75) is 36.5 Å². The van der Waals surface area contributed by atoms with E-state index in [-0.39, 0.29) is 17.2 Å². The van der Waals surface area contributed by atoms with Crippen LogP contribution in [0, 0.1) is 0 Å². The molecule has 2 aromatic carbocycles. The third-order valence-corrected chi connectivity index (χ3v) is 9.67. The average molecular weight is 611 g/mol. The molecule has 45 heavy (non-hydrogen) atoms. The maximum Gasteiger partial charge on any atom is 0.257 e. The van der Waals surface area contributed by atoms with Crippen molar-refractivity contribution in [2.24, 2.45) is 5.73 Å². The Balaban J connectivity index is 1.22. The number of tetrazole rings is 1. The molecule has 12 nitrogen and oxygen atoms in total. The van der Waals surface area contributed by atoms with Gasteiger partial charge in [0.15, 0.2) is 0 Å². The molecule has 4 heterocycles. The molecule has 0 bridgehead atoms. The number of carbonyl (C=O) groups is 2. The van der Waals surface area contributed by atoms with Gasteiger partial charge in [0, 0.05) is 30.9 Å². The van der Waals surface area contributed by atoms with Crippen LogP contribution in [0.4, 0.5) is 0 Å². The Morgan fingerprint density at radius 1 is 0.933 bits per heavy atom. The molecule has 2 amide bonds. The number of methoxy groups -OCH3 is 2. The second kappa shape index (κ2) is 12.6. The molecule has 2 saturated heterocycles. The first kappa shape index (κ1) is 30.2. The molecule has 12 heteroatoms. The Morgan fingerprint density at radius 3 is 2.42 bits per heavy atom. The molecule has 2 aromatic heterocycles. The van der Waals surface area contributed by atoms with Gasteiger partial charge in [-0.2, -0.15) is 0 Å². The van der Waals surface area contributed by atoms with Crippen molar-refractivity contribution in [3.63, 3.8) is 0 Å². The Labute approximate surface area is 262 Å². The van der Waals surface area contributed by atoms with Gasteiger partial charge < -0.3 is 25.0 Å². The molecule has 4 aromatic rings. The molecule has 234 valence electrons. The number of ether oxygens (including phenoxy) is 2. The maximum atomic E-state index is 14.1. The Hall–Kier alpha value is -4.84. The Morgan fingerprint density at radius 2 is 1.73 bits per heavy atom. The van der Waals surface area contributed by atoms with Crippen LogP contribution in [0.15, 0.2) is 73.3 Å². The maximum absolute atomic E-state index is 14.1. The van der Waals surface area contributed by atoms with Gasteiger partial charge in [-0.1, -0.05) is 12.1 Å². The van der Waals surface area contributed by atoms with Gasteiger partial charge >= 0.3 is 0 Å². The predicted molar refractivity (Wildman–Crippen MR) is 166 cm³/mol. The summed E-state index contributed by atoms with van der Waals surface area (Å²) >= 11 is 0. The Bertz CT molecular complexity index is 1640. The quantitative estimate of drug-likeness (QED) is 0.287. The van der Waals surface area contributed by atoms with Crippen LogP contribution in [0.25, 0.3) is 5.69 Å². The summed E-state index contributed by atoms with van der Waals surface area (Å²) in [4.78, 5) is 35.2. The fraction of sp³-hybridized carbons (Fsp3) is 0.394. The van der Waals surface area contributed by atoms with E-state index in [0.29, 0.717) is 42.9 Å². The number of nitrogens with zero attached hydrogens (tertiary/aromatic N) is 7. The number of piperidine rings is 1. The van der Waals surface area contributed by atoms with Crippen LogP contribution in [0.3, 0.4) is 0 Å². The number of benzene rings is 2. The van der Waals surface area contributed by atoms with E-state index in [0.717, 1.165) is 49.4 Å². The van der Waals surface area contributed by atoms with Gasteiger partial charge in [-0.25, -0.2) is 4.68 Å². The zero-order valence-corrected chi connectivity index (χ0v) is 25.6. The molecule has 0 radical (unpaired) electrons.